The Morgan fingerprint density at radius 2 is 2.25 bits per heavy atom. The van der Waals surface area contributed by atoms with Gasteiger partial charge in [0.05, 0.1) is 12.1 Å². The largest absolute Gasteiger partial charge is 0.393 e. The zero-order valence-corrected chi connectivity index (χ0v) is 9.98. The standard InChI is InChI=1S/C12H22N2O2/c1-9(15)10-5-7-14(8-10)12(16)11-4-2-3-6-13-11/h9-11,13,15H,2-8H2,1H3. The number of aliphatic hydroxyl groups excluding tert-OH is 1. The number of aliphatic hydroxyl groups is 1. The van der Waals surface area contributed by atoms with Crippen molar-refractivity contribution in [2.24, 2.45) is 5.92 Å². The monoisotopic (exact) mass is 226 g/mol. The zero-order valence-electron chi connectivity index (χ0n) is 9.98. The van der Waals surface area contributed by atoms with Gasteiger partial charge in [0.2, 0.25) is 5.91 Å². The third kappa shape index (κ3) is 2.55. The van der Waals surface area contributed by atoms with Crippen molar-refractivity contribution in [2.75, 3.05) is 19.6 Å². The van der Waals surface area contributed by atoms with E-state index in [0.717, 1.165) is 38.9 Å². The summed E-state index contributed by atoms with van der Waals surface area (Å²) in [4.78, 5) is 14.1. The van der Waals surface area contributed by atoms with Crippen LogP contribution in [0.1, 0.15) is 32.6 Å². The SMILES string of the molecule is CC(O)C1CCN(C(=O)C2CCCCN2)C1. The van der Waals surface area contributed by atoms with Crippen molar-refractivity contribution >= 4 is 5.91 Å². The molecule has 4 heteroatoms. The van der Waals surface area contributed by atoms with Gasteiger partial charge in [0.15, 0.2) is 0 Å². The lowest BCUT2D eigenvalue weighted by atomic mass is 10.0. The van der Waals surface area contributed by atoms with E-state index < -0.39 is 0 Å². The first kappa shape index (κ1) is 11.9. The topological polar surface area (TPSA) is 52.6 Å². The molecule has 0 spiro atoms. The molecule has 92 valence electrons. The summed E-state index contributed by atoms with van der Waals surface area (Å²) in [5.41, 5.74) is 0. The molecule has 3 atom stereocenters. The quantitative estimate of drug-likeness (QED) is 0.715. The molecule has 0 aromatic carbocycles. The van der Waals surface area contributed by atoms with E-state index in [2.05, 4.69) is 5.32 Å². The second kappa shape index (κ2) is 5.15. The fourth-order valence-electron chi connectivity index (χ4n) is 2.66. The minimum Gasteiger partial charge on any atom is -0.393 e. The number of hydrogen-bond acceptors (Lipinski definition) is 3. The maximum atomic E-state index is 12.2. The van der Waals surface area contributed by atoms with E-state index in [4.69, 9.17) is 0 Å². The summed E-state index contributed by atoms with van der Waals surface area (Å²) in [6.07, 6.45) is 3.94. The van der Waals surface area contributed by atoms with Crippen molar-refractivity contribution < 1.29 is 9.90 Å². The highest BCUT2D eigenvalue weighted by Gasteiger charge is 2.32. The van der Waals surface area contributed by atoms with Crippen molar-refractivity contribution in [1.29, 1.82) is 0 Å². The number of amides is 1. The predicted octanol–water partition coefficient (Wildman–Crippen LogP) is 0.358. The molecule has 1 amide bonds. The molecule has 2 saturated heterocycles. The summed E-state index contributed by atoms with van der Waals surface area (Å²) in [5.74, 6) is 0.510. The Labute approximate surface area is 97.0 Å². The molecule has 2 fully saturated rings. The normalized spacial score (nSPS) is 32.8. The highest BCUT2D eigenvalue weighted by molar-refractivity contribution is 5.82. The van der Waals surface area contributed by atoms with Crippen molar-refractivity contribution in [3.8, 4) is 0 Å². The van der Waals surface area contributed by atoms with Gasteiger partial charge < -0.3 is 15.3 Å². The summed E-state index contributed by atoms with van der Waals surface area (Å²) in [6, 6.07) is 0.0292. The minimum atomic E-state index is -0.294. The van der Waals surface area contributed by atoms with E-state index in [1.165, 1.54) is 6.42 Å². The number of carbonyl (C=O) groups is 1. The highest BCUT2D eigenvalue weighted by atomic mass is 16.3. The first-order valence-electron chi connectivity index (χ1n) is 6.38. The molecular formula is C12H22N2O2. The van der Waals surface area contributed by atoms with E-state index in [1.807, 2.05) is 11.8 Å². The molecule has 2 N–H and O–H groups in total. The predicted molar refractivity (Wildman–Crippen MR) is 62.0 cm³/mol. The molecule has 0 bridgehead atoms. The summed E-state index contributed by atoms with van der Waals surface area (Å²) in [6.45, 7) is 4.32. The van der Waals surface area contributed by atoms with Gasteiger partial charge >= 0.3 is 0 Å². The van der Waals surface area contributed by atoms with Crippen LogP contribution in [-0.2, 0) is 4.79 Å². The third-order valence-corrected chi connectivity index (χ3v) is 3.83. The molecule has 2 aliphatic heterocycles. The van der Waals surface area contributed by atoms with Crippen LogP contribution in [0.15, 0.2) is 0 Å². The molecule has 4 nitrogen and oxygen atoms in total. The molecule has 0 aromatic rings. The lowest BCUT2D eigenvalue weighted by Gasteiger charge is -2.27. The van der Waals surface area contributed by atoms with Gasteiger partial charge in [0.1, 0.15) is 0 Å². The van der Waals surface area contributed by atoms with Crippen molar-refractivity contribution in [1.82, 2.24) is 10.2 Å². The fourth-order valence-corrected chi connectivity index (χ4v) is 2.66. The first-order valence-corrected chi connectivity index (χ1v) is 6.38. The number of piperidine rings is 1. The third-order valence-electron chi connectivity index (χ3n) is 3.83. The Morgan fingerprint density at radius 3 is 2.81 bits per heavy atom. The van der Waals surface area contributed by atoms with Gasteiger partial charge in [-0.2, -0.15) is 0 Å². The molecule has 2 aliphatic rings. The lowest BCUT2D eigenvalue weighted by Crippen LogP contribution is -2.48. The minimum absolute atomic E-state index is 0.0292. The van der Waals surface area contributed by atoms with Gasteiger partial charge in [-0.15, -0.1) is 0 Å². The second-order valence-electron chi connectivity index (χ2n) is 5.08. The summed E-state index contributed by atoms with van der Waals surface area (Å²) >= 11 is 0. The molecule has 0 aliphatic carbocycles. The maximum absolute atomic E-state index is 12.2. The summed E-state index contributed by atoms with van der Waals surface area (Å²) in [5, 5.41) is 12.8. The van der Waals surface area contributed by atoms with Gasteiger partial charge in [0.25, 0.3) is 0 Å². The number of carbonyl (C=O) groups excluding carboxylic acids is 1. The van der Waals surface area contributed by atoms with E-state index in [0.29, 0.717) is 0 Å². The van der Waals surface area contributed by atoms with Gasteiger partial charge in [-0.1, -0.05) is 6.42 Å². The van der Waals surface area contributed by atoms with Gasteiger partial charge in [0, 0.05) is 19.0 Å². The lowest BCUT2D eigenvalue weighted by molar-refractivity contribution is -0.133. The van der Waals surface area contributed by atoms with E-state index >= 15 is 0 Å². The van der Waals surface area contributed by atoms with Crippen LogP contribution in [0.5, 0.6) is 0 Å². The van der Waals surface area contributed by atoms with E-state index in [-0.39, 0.29) is 24.0 Å². The molecule has 0 aromatic heterocycles. The van der Waals surface area contributed by atoms with Crippen molar-refractivity contribution in [3.05, 3.63) is 0 Å². The average Bonchev–Trinajstić information content (AvgIpc) is 2.78. The molecular weight excluding hydrogens is 204 g/mol. The summed E-state index contributed by atoms with van der Waals surface area (Å²) < 4.78 is 0. The highest BCUT2D eigenvalue weighted by Crippen LogP contribution is 2.21. The molecule has 3 unspecified atom stereocenters. The first-order chi connectivity index (χ1) is 7.68. The Morgan fingerprint density at radius 1 is 1.44 bits per heavy atom. The van der Waals surface area contributed by atoms with Crippen LogP contribution in [0.4, 0.5) is 0 Å². The summed E-state index contributed by atoms with van der Waals surface area (Å²) in [7, 11) is 0. The van der Waals surface area contributed by atoms with Gasteiger partial charge in [-0.05, 0) is 32.7 Å². The van der Waals surface area contributed by atoms with Crippen LogP contribution in [0.2, 0.25) is 0 Å². The molecule has 0 radical (unpaired) electrons. The van der Waals surface area contributed by atoms with E-state index in [1.54, 1.807) is 0 Å². The Kier molecular flexibility index (Phi) is 3.82. The fraction of sp³-hybridized carbons (Fsp3) is 0.917. The maximum Gasteiger partial charge on any atom is 0.239 e. The van der Waals surface area contributed by atoms with Crippen molar-refractivity contribution in [2.45, 2.75) is 44.8 Å². The molecule has 2 heterocycles. The van der Waals surface area contributed by atoms with Gasteiger partial charge in [-0.25, -0.2) is 0 Å². The van der Waals surface area contributed by atoms with E-state index in [9.17, 15) is 9.90 Å². The molecule has 2 rings (SSSR count). The molecule has 16 heavy (non-hydrogen) atoms. The zero-order chi connectivity index (χ0) is 11.5. The van der Waals surface area contributed by atoms with Crippen LogP contribution in [0.25, 0.3) is 0 Å². The van der Waals surface area contributed by atoms with Crippen LogP contribution in [-0.4, -0.2) is 47.7 Å². The number of nitrogens with one attached hydrogen (secondary N) is 1. The second-order valence-corrected chi connectivity index (χ2v) is 5.08. The van der Waals surface area contributed by atoms with Crippen LogP contribution in [0.3, 0.4) is 0 Å². The number of rotatable bonds is 2. The van der Waals surface area contributed by atoms with Crippen molar-refractivity contribution in [3.63, 3.8) is 0 Å². The molecule has 0 saturated carbocycles. The Balaban J connectivity index is 1.86. The van der Waals surface area contributed by atoms with Crippen LogP contribution < -0.4 is 5.32 Å². The number of hydrogen-bond donors (Lipinski definition) is 2. The smallest absolute Gasteiger partial charge is 0.239 e. The van der Waals surface area contributed by atoms with Gasteiger partial charge in [-0.3, -0.25) is 4.79 Å². The number of nitrogens with zero attached hydrogens (tertiary/aromatic N) is 1. The van der Waals surface area contributed by atoms with Crippen LogP contribution in [0, 0.1) is 5.92 Å². The average molecular weight is 226 g/mol. The number of likely N-dealkylation sites (tertiary alicyclic amines) is 1. The Hall–Kier alpha value is -0.610. The van der Waals surface area contributed by atoms with Crippen LogP contribution >= 0.6 is 0 Å². The Bertz CT molecular complexity index is 249.